The van der Waals surface area contributed by atoms with E-state index < -0.39 is 0 Å². The minimum atomic E-state index is 1.06. The molecule has 0 aliphatic rings. The van der Waals surface area contributed by atoms with Crippen molar-refractivity contribution in [3.63, 3.8) is 0 Å². The molecule has 0 saturated heterocycles. The lowest BCUT2D eigenvalue weighted by Crippen LogP contribution is -2.05. The van der Waals surface area contributed by atoms with E-state index in [9.17, 15) is 0 Å². The molecule has 0 aromatic carbocycles. The van der Waals surface area contributed by atoms with Gasteiger partial charge in [0.25, 0.3) is 0 Å². The Hall–Kier alpha value is -0.120. The highest BCUT2D eigenvalue weighted by molar-refractivity contribution is 9.10. The van der Waals surface area contributed by atoms with Crippen LogP contribution in [0.25, 0.3) is 0 Å². The lowest BCUT2D eigenvalue weighted by molar-refractivity contribution is 0.806. The van der Waals surface area contributed by atoms with Crippen LogP contribution in [-0.2, 0) is 6.42 Å². The van der Waals surface area contributed by atoms with Gasteiger partial charge in [-0.1, -0.05) is 12.2 Å². The lowest BCUT2D eigenvalue weighted by atomic mass is 10.3. The summed E-state index contributed by atoms with van der Waals surface area (Å²) in [6, 6.07) is 2.17. The van der Waals surface area contributed by atoms with E-state index in [-0.39, 0.29) is 0 Å². The monoisotopic (exact) mass is 259 g/mol. The molecule has 0 unspecified atom stereocenters. The standard InChI is InChI=1S/C10H14BrNS/c1-12-6-4-2-3-5-10-7-9(11)8-13-10/h2-3,7-8,12H,4-6H2,1H3. The highest BCUT2D eigenvalue weighted by atomic mass is 79.9. The van der Waals surface area contributed by atoms with Crippen molar-refractivity contribution in [2.24, 2.45) is 0 Å². The second kappa shape index (κ2) is 6.35. The van der Waals surface area contributed by atoms with Gasteiger partial charge in [-0.05, 0) is 48.4 Å². The predicted octanol–water partition coefficient (Wildman–Crippen LogP) is 3.22. The van der Waals surface area contributed by atoms with Crippen molar-refractivity contribution in [2.75, 3.05) is 13.6 Å². The van der Waals surface area contributed by atoms with E-state index in [4.69, 9.17) is 0 Å². The summed E-state index contributed by atoms with van der Waals surface area (Å²) in [4.78, 5) is 1.41. The Morgan fingerprint density at radius 3 is 3.00 bits per heavy atom. The van der Waals surface area contributed by atoms with Gasteiger partial charge in [0.1, 0.15) is 0 Å². The Morgan fingerprint density at radius 1 is 1.54 bits per heavy atom. The quantitative estimate of drug-likeness (QED) is 0.633. The zero-order valence-electron chi connectivity index (χ0n) is 7.72. The third-order valence-corrected chi connectivity index (χ3v) is 3.39. The average Bonchev–Trinajstić information content (AvgIpc) is 2.51. The highest BCUT2D eigenvalue weighted by Gasteiger charge is 1.93. The summed E-state index contributed by atoms with van der Waals surface area (Å²) in [5.41, 5.74) is 0. The molecule has 0 atom stereocenters. The van der Waals surface area contributed by atoms with Crippen LogP contribution in [0.2, 0.25) is 0 Å². The molecule has 1 aromatic rings. The van der Waals surface area contributed by atoms with Crippen LogP contribution >= 0.6 is 27.3 Å². The molecular formula is C10H14BrNS. The van der Waals surface area contributed by atoms with Gasteiger partial charge in [0.2, 0.25) is 0 Å². The van der Waals surface area contributed by atoms with Gasteiger partial charge in [-0.3, -0.25) is 0 Å². The topological polar surface area (TPSA) is 12.0 Å². The SMILES string of the molecule is CNCCC=CCc1cc(Br)cs1. The maximum atomic E-state index is 3.44. The zero-order chi connectivity index (χ0) is 9.52. The lowest BCUT2D eigenvalue weighted by Gasteiger charge is -1.91. The molecule has 1 heterocycles. The summed E-state index contributed by atoms with van der Waals surface area (Å²) in [5.74, 6) is 0. The molecular weight excluding hydrogens is 246 g/mol. The highest BCUT2D eigenvalue weighted by Crippen LogP contribution is 2.20. The summed E-state index contributed by atoms with van der Waals surface area (Å²) in [7, 11) is 1.98. The first-order valence-corrected chi connectivity index (χ1v) is 6.02. The van der Waals surface area contributed by atoms with Crippen LogP contribution in [-0.4, -0.2) is 13.6 Å². The van der Waals surface area contributed by atoms with Gasteiger partial charge in [0.15, 0.2) is 0 Å². The number of halogens is 1. The smallest absolute Gasteiger partial charge is 0.0285 e. The second-order valence-electron chi connectivity index (χ2n) is 2.80. The molecule has 72 valence electrons. The van der Waals surface area contributed by atoms with Crippen LogP contribution in [0.15, 0.2) is 28.1 Å². The summed E-state index contributed by atoms with van der Waals surface area (Å²) < 4.78 is 1.19. The van der Waals surface area contributed by atoms with E-state index in [0.29, 0.717) is 0 Å². The van der Waals surface area contributed by atoms with Crippen LogP contribution in [0, 0.1) is 0 Å². The van der Waals surface area contributed by atoms with Crippen molar-refractivity contribution < 1.29 is 0 Å². The van der Waals surface area contributed by atoms with Gasteiger partial charge in [-0.15, -0.1) is 11.3 Å². The van der Waals surface area contributed by atoms with Gasteiger partial charge in [0.05, 0.1) is 0 Å². The van der Waals surface area contributed by atoms with Gasteiger partial charge in [-0.25, -0.2) is 0 Å². The Morgan fingerprint density at radius 2 is 2.38 bits per heavy atom. The molecule has 0 spiro atoms. The van der Waals surface area contributed by atoms with E-state index in [1.807, 2.05) is 7.05 Å². The van der Waals surface area contributed by atoms with Crippen molar-refractivity contribution in [1.29, 1.82) is 0 Å². The van der Waals surface area contributed by atoms with Crippen molar-refractivity contribution in [2.45, 2.75) is 12.8 Å². The zero-order valence-corrected chi connectivity index (χ0v) is 10.1. The normalized spacial score (nSPS) is 11.2. The maximum Gasteiger partial charge on any atom is 0.0285 e. The molecule has 1 rings (SSSR count). The first kappa shape index (κ1) is 11.0. The Bertz CT molecular complexity index is 268. The Balaban J connectivity index is 2.22. The molecule has 13 heavy (non-hydrogen) atoms. The van der Waals surface area contributed by atoms with Gasteiger partial charge < -0.3 is 5.32 Å². The third-order valence-electron chi connectivity index (χ3n) is 1.67. The minimum absolute atomic E-state index is 1.06. The largest absolute Gasteiger partial charge is 0.319 e. The van der Waals surface area contributed by atoms with E-state index in [1.165, 1.54) is 9.35 Å². The Kier molecular flexibility index (Phi) is 5.35. The molecule has 0 radical (unpaired) electrons. The summed E-state index contributed by atoms with van der Waals surface area (Å²) >= 11 is 5.24. The van der Waals surface area contributed by atoms with Crippen LogP contribution in [0.3, 0.4) is 0 Å². The summed E-state index contributed by atoms with van der Waals surface area (Å²) in [6.07, 6.45) is 6.63. The number of nitrogens with one attached hydrogen (secondary N) is 1. The third kappa shape index (κ3) is 4.60. The number of hydrogen-bond acceptors (Lipinski definition) is 2. The van der Waals surface area contributed by atoms with Gasteiger partial charge in [-0.2, -0.15) is 0 Å². The van der Waals surface area contributed by atoms with Crippen LogP contribution in [0.5, 0.6) is 0 Å². The van der Waals surface area contributed by atoms with Crippen molar-refractivity contribution in [3.05, 3.63) is 32.9 Å². The molecule has 0 fully saturated rings. The van der Waals surface area contributed by atoms with Crippen molar-refractivity contribution >= 4 is 27.3 Å². The first-order valence-electron chi connectivity index (χ1n) is 4.35. The molecule has 1 nitrogen and oxygen atoms in total. The Labute approximate surface area is 92.0 Å². The molecule has 1 aromatic heterocycles. The van der Waals surface area contributed by atoms with Crippen LogP contribution in [0.4, 0.5) is 0 Å². The number of thiophene rings is 1. The van der Waals surface area contributed by atoms with Crippen molar-refractivity contribution in [3.8, 4) is 0 Å². The molecule has 0 bridgehead atoms. The first-order chi connectivity index (χ1) is 6.33. The molecule has 0 aliphatic carbocycles. The predicted molar refractivity (Wildman–Crippen MR) is 63.4 cm³/mol. The van der Waals surface area contributed by atoms with Crippen molar-refractivity contribution in [1.82, 2.24) is 5.32 Å². The van der Waals surface area contributed by atoms with E-state index in [1.54, 1.807) is 11.3 Å². The summed E-state index contributed by atoms with van der Waals surface area (Å²) in [6.45, 7) is 1.06. The van der Waals surface area contributed by atoms with Gasteiger partial charge >= 0.3 is 0 Å². The van der Waals surface area contributed by atoms with E-state index >= 15 is 0 Å². The van der Waals surface area contributed by atoms with Crippen LogP contribution < -0.4 is 5.32 Å². The molecule has 1 N–H and O–H groups in total. The fraction of sp³-hybridized carbons (Fsp3) is 0.400. The fourth-order valence-electron chi connectivity index (χ4n) is 1.01. The number of rotatable bonds is 5. The van der Waals surface area contributed by atoms with E-state index in [0.717, 1.165) is 19.4 Å². The fourth-order valence-corrected chi connectivity index (χ4v) is 2.43. The molecule has 0 aliphatic heterocycles. The maximum absolute atomic E-state index is 3.44. The molecule has 0 amide bonds. The second-order valence-corrected chi connectivity index (χ2v) is 4.71. The van der Waals surface area contributed by atoms with Gasteiger partial charge in [0, 0.05) is 14.7 Å². The molecule has 0 saturated carbocycles. The average molecular weight is 260 g/mol. The molecule has 3 heteroatoms. The van der Waals surface area contributed by atoms with Crippen LogP contribution in [0.1, 0.15) is 11.3 Å². The minimum Gasteiger partial charge on any atom is -0.319 e. The number of hydrogen-bond donors (Lipinski definition) is 1. The summed E-state index contributed by atoms with van der Waals surface area (Å²) in [5, 5.41) is 5.24. The number of allylic oxidation sites excluding steroid dienone is 1. The van der Waals surface area contributed by atoms with E-state index in [2.05, 4.69) is 44.8 Å².